The Morgan fingerprint density at radius 3 is 2.50 bits per heavy atom. The average Bonchev–Trinajstić information content (AvgIpc) is 2.55. The molecule has 2 aromatic carbocycles. The van der Waals surface area contributed by atoms with Gasteiger partial charge in [-0.05, 0) is 37.3 Å². The van der Waals surface area contributed by atoms with Gasteiger partial charge >= 0.3 is 0 Å². The van der Waals surface area contributed by atoms with E-state index >= 15 is 0 Å². The number of rotatable bonds is 6. The van der Waals surface area contributed by atoms with Crippen molar-refractivity contribution in [3.05, 3.63) is 53.3 Å². The summed E-state index contributed by atoms with van der Waals surface area (Å²) in [7, 11) is -2.50. The molecule has 140 valence electrons. The van der Waals surface area contributed by atoms with E-state index in [9.17, 15) is 17.6 Å². The van der Waals surface area contributed by atoms with E-state index in [1.165, 1.54) is 38.3 Å². The molecule has 0 aromatic heterocycles. The molecule has 0 aliphatic carbocycles. The van der Waals surface area contributed by atoms with Crippen molar-refractivity contribution >= 4 is 38.9 Å². The van der Waals surface area contributed by atoms with Crippen molar-refractivity contribution in [2.75, 3.05) is 23.0 Å². The first-order valence-corrected chi connectivity index (χ1v) is 9.76. The van der Waals surface area contributed by atoms with Crippen molar-refractivity contribution in [3.63, 3.8) is 0 Å². The van der Waals surface area contributed by atoms with E-state index in [-0.39, 0.29) is 11.4 Å². The molecule has 0 fully saturated rings. The largest absolute Gasteiger partial charge is 0.495 e. The highest BCUT2D eigenvalue weighted by Crippen LogP contribution is 2.29. The topological polar surface area (TPSA) is 75.7 Å². The number of anilines is 2. The molecule has 26 heavy (non-hydrogen) atoms. The van der Waals surface area contributed by atoms with Crippen molar-refractivity contribution in [2.45, 2.75) is 13.0 Å². The van der Waals surface area contributed by atoms with Crippen LogP contribution in [0.5, 0.6) is 5.75 Å². The van der Waals surface area contributed by atoms with Crippen LogP contribution in [0.25, 0.3) is 0 Å². The number of nitrogens with zero attached hydrogens (tertiary/aromatic N) is 1. The number of nitrogens with one attached hydrogen (secondary N) is 1. The molecule has 0 heterocycles. The third-order valence-electron chi connectivity index (χ3n) is 3.60. The van der Waals surface area contributed by atoms with Crippen molar-refractivity contribution in [3.8, 4) is 5.75 Å². The number of benzene rings is 2. The van der Waals surface area contributed by atoms with Gasteiger partial charge in [-0.2, -0.15) is 0 Å². The van der Waals surface area contributed by atoms with E-state index in [0.717, 1.165) is 16.6 Å². The van der Waals surface area contributed by atoms with Crippen molar-refractivity contribution in [2.24, 2.45) is 0 Å². The molecule has 1 amide bonds. The van der Waals surface area contributed by atoms with E-state index in [2.05, 4.69) is 5.32 Å². The summed E-state index contributed by atoms with van der Waals surface area (Å²) in [6, 6.07) is 8.74. The number of methoxy groups -OCH3 is 1. The molecule has 0 spiro atoms. The van der Waals surface area contributed by atoms with E-state index in [0.29, 0.717) is 10.8 Å². The second-order valence-corrected chi connectivity index (χ2v) is 7.82. The Balaban J connectivity index is 2.38. The molecule has 0 radical (unpaired) electrons. The fraction of sp³-hybridized carbons (Fsp3) is 0.235. The number of hydrogen-bond acceptors (Lipinski definition) is 4. The molecule has 0 aliphatic rings. The highest BCUT2D eigenvalue weighted by atomic mass is 35.5. The summed E-state index contributed by atoms with van der Waals surface area (Å²) in [5.74, 6) is -1.07. The number of carbonyl (C=O) groups excluding carboxylic acids is 1. The van der Waals surface area contributed by atoms with Gasteiger partial charge in [-0.25, -0.2) is 12.8 Å². The monoisotopic (exact) mass is 400 g/mol. The van der Waals surface area contributed by atoms with Crippen LogP contribution < -0.4 is 14.4 Å². The van der Waals surface area contributed by atoms with Gasteiger partial charge in [-0.15, -0.1) is 0 Å². The maximum Gasteiger partial charge on any atom is 0.248 e. The van der Waals surface area contributed by atoms with Crippen LogP contribution in [-0.4, -0.2) is 33.7 Å². The molecule has 1 atom stereocenters. The molecule has 9 heteroatoms. The number of para-hydroxylation sites is 1. The lowest BCUT2D eigenvalue weighted by Gasteiger charge is -2.28. The summed E-state index contributed by atoms with van der Waals surface area (Å²) in [5, 5.41) is 2.93. The highest BCUT2D eigenvalue weighted by molar-refractivity contribution is 7.92. The number of carbonyl (C=O) groups is 1. The Kier molecular flexibility index (Phi) is 6.09. The molecule has 1 unspecified atom stereocenters. The number of ether oxygens (including phenoxy) is 1. The first kappa shape index (κ1) is 20.0. The number of sulfonamides is 1. The zero-order chi connectivity index (χ0) is 19.5. The molecular formula is C17H18ClFN2O4S. The van der Waals surface area contributed by atoms with Crippen molar-refractivity contribution < 1.29 is 22.3 Å². The van der Waals surface area contributed by atoms with Gasteiger partial charge in [-0.1, -0.05) is 23.7 Å². The van der Waals surface area contributed by atoms with Crippen molar-refractivity contribution in [1.82, 2.24) is 0 Å². The number of halogens is 2. The second kappa shape index (κ2) is 7.92. The predicted molar refractivity (Wildman–Crippen MR) is 99.8 cm³/mol. The summed E-state index contributed by atoms with van der Waals surface area (Å²) in [5.41, 5.74) is 0.0644. The molecular weight excluding hydrogens is 383 g/mol. The molecule has 0 aliphatic heterocycles. The predicted octanol–water partition coefficient (Wildman–Crippen LogP) is 3.28. The lowest BCUT2D eigenvalue weighted by molar-refractivity contribution is -0.116. The van der Waals surface area contributed by atoms with Gasteiger partial charge < -0.3 is 10.1 Å². The Hall–Kier alpha value is -2.32. The van der Waals surface area contributed by atoms with Crippen LogP contribution in [0, 0.1) is 5.82 Å². The Labute approximate surface area is 156 Å². The summed E-state index contributed by atoms with van der Waals surface area (Å²) >= 11 is 5.93. The first-order valence-electron chi connectivity index (χ1n) is 7.53. The van der Waals surface area contributed by atoms with Gasteiger partial charge in [0.15, 0.2) is 0 Å². The molecule has 6 nitrogen and oxygen atoms in total. The van der Waals surface area contributed by atoms with Gasteiger partial charge in [0, 0.05) is 5.02 Å². The Bertz CT molecular complexity index is 921. The minimum atomic E-state index is -3.93. The van der Waals surface area contributed by atoms with Crippen molar-refractivity contribution in [1.29, 1.82) is 0 Å². The average molecular weight is 401 g/mol. The van der Waals surface area contributed by atoms with Crippen LogP contribution in [0.15, 0.2) is 42.5 Å². The van der Waals surface area contributed by atoms with Crippen LogP contribution in [0.3, 0.4) is 0 Å². The van der Waals surface area contributed by atoms with E-state index < -0.39 is 27.8 Å². The maximum atomic E-state index is 14.1. The van der Waals surface area contributed by atoms with Gasteiger partial charge in [0.05, 0.1) is 24.7 Å². The van der Waals surface area contributed by atoms with Crippen LogP contribution in [0.4, 0.5) is 15.8 Å². The zero-order valence-corrected chi connectivity index (χ0v) is 15.9. The molecule has 1 N–H and O–H groups in total. The third-order valence-corrected chi connectivity index (χ3v) is 5.06. The van der Waals surface area contributed by atoms with Gasteiger partial charge in [0.25, 0.3) is 0 Å². The van der Waals surface area contributed by atoms with Gasteiger partial charge in [0.1, 0.15) is 17.6 Å². The lowest BCUT2D eigenvalue weighted by Crippen LogP contribution is -2.45. The summed E-state index contributed by atoms with van der Waals surface area (Å²) < 4.78 is 44.4. The maximum absolute atomic E-state index is 14.1. The number of hydrogen-bond donors (Lipinski definition) is 1. The number of amides is 1. The van der Waals surface area contributed by atoms with E-state index in [1.807, 2.05) is 0 Å². The molecule has 2 aromatic rings. The van der Waals surface area contributed by atoms with Gasteiger partial charge in [0.2, 0.25) is 15.9 Å². The summed E-state index contributed by atoms with van der Waals surface area (Å²) in [6.07, 6.45) is 0.906. The SMILES string of the molecule is COc1ccc(Cl)cc1NC(=O)C(C)N(c1ccccc1F)S(C)(=O)=O. The summed E-state index contributed by atoms with van der Waals surface area (Å²) in [4.78, 5) is 12.6. The summed E-state index contributed by atoms with van der Waals surface area (Å²) in [6.45, 7) is 1.36. The highest BCUT2D eigenvalue weighted by Gasteiger charge is 2.31. The fourth-order valence-corrected chi connectivity index (χ4v) is 3.77. The van der Waals surface area contributed by atoms with Gasteiger partial charge in [-0.3, -0.25) is 9.10 Å². The molecule has 0 bridgehead atoms. The molecule has 2 rings (SSSR count). The molecule has 0 saturated carbocycles. The molecule has 0 saturated heterocycles. The van der Waals surface area contributed by atoms with Crippen LogP contribution >= 0.6 is 11.6 Å². The van der Waals surface area contributed by atoms with Crippen LogP contribution in [0.1, 0.15) is 6.92 Å². The quantitative estimate of drug-likeness (QED) is 0.807. The fourth-order valence-electron chi connectivity index (χ4n) is 2.43. The standard InChI is InChI=1S/C17H18ClFN2O4S/c1-11(17(22)20-14-10-12(18)8-9-16(14)25-2)21(26(3,23)24)15-7-5-4-6-13(15)19/h4-11H,1-3H3,(H,20,22). The van der Waals surface area contributed by atoms with Crippen LogP contribution in [0.2, 0.25) is 5.02 Å². The minimum absolute atomic E-state index is 0.212. The Morgan fingerprint density at radius 2 is 1.92 bits per heavy atom. The zero-order valence-electron chi connectivity index (χ0n) is 14.4. The lowest BCUT2D eigenvalue weighted by atomic mass is 10.2. The Morgan fingerprint density at radius 1 is 1.27 bits per heavy atom. The second-order valence-electron chi connectivity index (χ2n) is 5.52. The third kappa shape index (κ3) is 4.44. The first-order chi connectivity index (χ1) is 12.1. The van der Waals surface area contributed by atoms with E-state index in [1.54, 1.807) is 12.1 Å². The van der Waals surface area contributed by atoms with Crippen LogP contribution in [-0.2, 0) is 14.8 Å². The van der Waals surface area contributed by atoms with E-state index in [4.69, 9.17) is 16.3 Å². The normalized spacial score (nSPS) is 12.3. The smallest absolute Gasteiger partial charge is 0.248 e. The minimum Gasteiger partial charge on any atom is -0.495 e.